The molecule has 0 spiro atoms. The number of rotatable bonds is 4. The highest BCUT2D eigenvalue weighted by atomic mass is 35.5. The van der Waals surface area contributed by atoms with E-state index in [9.17, 15) is 12.8 Å². The normalized spacial score (nSPS) is 13.0. The molecule has 0 bridgehead atoms. The van der Waals surface area contributed by atoms with Crippen LogP contribution in [-0.2, 0) is 10.0 Å². The number of sulfonamides is 1. The van der Waals surface area contributed by atoms with Gasteiger partial charge in [-0.1, -0.05) is 28.4 Å². The minimum absolute atomic E-state index is 0.289. The summed E-state index contributed by atoms with van der Waals surface area (Å²) in [5.41, 5.74) is 5.21. The second-order valence-corrected chi connectivity index (χ2v) is 6.32. The van der Waals surface area contributed by atoms with Crippen LogP contribution in [-0.4, -0.2) is 37.4 Å². The van der Waals surface area contributed by atoms with Crippen molar-refractivity contribution < 1.29 is 18.0 Å². The largest absolute Gasteiger partial charge is 0.409 e. The van der Waals surface area contributed by atoms with Crippen molar-refractivity contribution in [2.45, 2.75) is 4.90 Å². The third-order valence-corrected chi connectivity index (χ3v) is 4.82. The quantitative estimate of drug-likeness (QED) is 0.287. The highest BCUT2D eigenvalue weighted by molar-refractivity contribution is 7.89. The monoisotopic (exact) mass is 329 g/mol. The maximum Gasteiger partial charge on any atom is 0.244 e. The van der Waals surface area contributed by atoms with Crippen LogP contribution in [0.3, 0.4) is 0 Å². The van der Waals surface area contributed by atoms with Gasteiger partial charge in [0.2, 0.25) is 10.0 Å². The third kappa shape index (κ3) is 3.27. The number of hydrogen-bond donors (Lipinski definition) is 2. The smallest absolute Gasteiger partial charge is 0.244 e. The van der Waals surface area contributed by atoms with Crippen LogP contribution in [0.5, 0.6) is 0 Å². The third-order valence-electron chi connectivity index (χ3n) is 2.20. The Balaban J connectivity index is 3.25. The Morgan fingerprint density at radius 3 is 2.63 bits per heavy atom. The second-order valence-electron chi connectivity index (χ2n) is 3.53. The molecule has 0 unspecified atom stereocenters. The molecule has 10 heteroatoms. The Bertz CT molecular complexity index is 621. The van der Waals surface area contributed by atoms with Crippen LogP contribution in [0, 0.1) is 5.82 Å². The molecule has 0 saturated carbocycles. The Labute approximate surface area is 119 Å². The zero-order chi connectivity index (χ0) is 14.8. The Morgan fingerprint density at radius 2 is 2.11 bits per heavy atom. The Hall–Kier alpha value is -1.09. The highest BCUT2D eigenvalue weighted by Crippen LogP contribution is 2.30. The minimum atomic E-state index is -4.08. The lowest BCUT2D eigenvalue weighted by atomic mass is 10.3. The first-order valence-electron chi connectivity index (χ1n) is 4.78. The summed E-state index contributed by atoms with van der Waals surface area (Å²) in [5.74, 6) is -1.35. The Kier molecular flexibility index (Phi) is 4.97. The van der Waals surface area contributed by atoms with E-state index >= 15 is 0 Å². The molecule has 0 atom stereocenters. The first-order valence-corrected chi connectivity index (χ1v) is 6.97. The maximum absolute atomic E-state index is 13.5. The lowest BCUT2D eigenvalue weighted by Crippen LogP contribution is -2.35. The molecule has 0 heterocycles. The van der Waals surface area contributed by atoms with E-state index in [1.807, 2.05) is 0 Å². The molecule has 19 heavy (non-hydrogen) atoms. The van der Waals surface area contributed by atoms with Crippen LogP contribution < -0.4 is 5.73 Å². The van der Waals surface area contributed by atoms with Gasteiger partial charge in [-0.25, -0.2) is 12.8 Å². The van der Waals surface area contributed by atoms with Gasteiger partial charge in [-0.15, -0.1) is 0 Å². The van der Waals surface area contributed by atoms with Crippen molar-refractivity contribution >= 4 is 39.1 Å². The zero-order valence-electron chi connectivity index (χ0n) is 9.64. The van der Waals surface area contributed by atoms with E-state index in [2.05, 4.69) is 5.16 Å². The Morgan fingerprint density at radius 1 is 1.53 bits per heavy atom. The number of halogens is 3. The number of amidine groups is 1. The van der Waals surface area contributed by atoms with Gasteiger partial charge in [0.25, 0.3) is 0 Å². The van der Waals surface area contributed by atoms with Crippen molar-refractivity contribution in [3.8, 4) is 0 Å². The average molecular weight is 330 g/mol. The average Bonchev–Trinajstić information content (AvgIpc) is 2.35. The molecule has 3 N–H and O–H groups in total. The molecule has 0 aliphatic rings. The van der Waals surface area contributed by atoms with Crippen molar-refractivity contribution in [2.75, 3.05) is 13.6 Å². The number of nitrogens with zero attached hydrogens (tertiary/aromatic N) is 2. The van der Waals surface area contributed by atoms with Crippen molar-refractivity contribution in [3.63, 3.8) is 0 Å². The topological polar surface area (TPSA) is 96.0 Å². The highest BCUT2D eigenvalue weighted by Gasteiger charge is 2.26. The predicted molar refractivity (Wildman–Crippen MR) is 69.6 cm³/mol. The van der Waals surface area contributed by atoms with Crippen molar-refractivity contribution in [2.24, 2.45) is 10.9 Å². The van der Waals surface area contributed by atoms with E-state index in [0.29, 0.717) is 0 Å². The summed E-state index contributed by atoms with van der Waals surface area (Å²) in [6, 6.07) is 2.15. The van der Waals surface area contributed by atoms with Gasteiger partial charge in [0, 0.05) is 7.05 Å². The van der Waals surface area contributed by atoms with Crippen molar-refractivity contribution in [3.05, 3.63) is 28.0 Å². The van der Waals surface area contributed by atoms with Gasteiger partial charge in [-0.3, -0.25) is 0 Å². The van der Waals surface area contributed by atoms with E-state index in [1.165, 1.54) is 7.05 Å². The molecule has 1 rings (SSSR count). The fourth-order valence-electron chi connectivity index (χ4n) is 1.22. The van der Waals surface area contributed by atoms with Gasteiger partial charge in [0.15, 0.2) is 11.7 Å². The van der Waals surface area contributed by atoms with E-state index < -0.39 is 25.8 Å². The van der Waals surface area contributed by atoms with E-state index in [-0.39, 0.29) is 17.4 Å². The van der Waals surface area contributed by atoms with Crippen LogP contribution in [0.1, 0.15) is 0 Å². The number of likely N-dealkylation sites (N-methyl/N-ethyl adjacent to an activating group) is 1. The lowest BCUT2D eigenvalue weighted by Gasteiger charge is -2.17. The SMILES string of the molecule is CN(C/C(N)=N/O)S(=O)(=O)c1ccc(Cl)c(F)c1Cl. The number of hydrogen-bond acceptors (Lipinski definition) is 4. The van der Waals surface area contributed by atoms with Gasteiger partial charge >= 0.3 is 0 Å². The fraction of sp³-hybridized carbons (Fsp3) is 0.222. The van der Waals surface area contributed by atoms with Gasteiger partial charge in [0.1, 0.15) is 4.90 Å². The molecular formula is C9H10Cl2FN3O3S. The number of oxime groups is 1. The molecule has 1 aromatic carbocycles. The summed E-state index contributed by atoms with van der Waals surface area (Å²) in [6.07, 6.45) is 0. The van der Waals surface area contributed by atoms with Gasteiger partial charge in [-0.2, -0.15) is 4.31 Å². The molecule has 106 valence electrons. The maximum atomic E-state index is 13.5. The van der Waals surface area contributed by atoms with E-state index in [0.717, 1.165) is 16.4 Å². The molecule has 0 radical (unpaired) electrons. The van der Waals surface area contributed by atoms with Crippen LogP contribution >= 0.6 is 23.2 Å². The lowest BCUT2D eigenvalue weighted by molar-refractivity contribution is 0.315. The number of benzene rings is 1. The standard InChI is InChI=1S/C9H10Cl2FN3O3S/c1-15(4-7(13)14-16)19(17,18)6-3-2-5(10)9(12)8(6)11/h2-3,16H,4H2,1H3,(H2,13,14). The fourth-order valence-corrected chi connectivity index (χ4v) is 3.08. The summed E-state index contributed by atoms with van der Waals surface area (Å²) in [7, 11) is -2.91. The van der Waals surface area contributed by atoms with Crippen LogP contribution in [0.15, 0.2) is 22.2 Å². The van der Waals surface area contributed by atoms with E-state index in [1.54, 1.807) is 0 Å². The van der Waals surface area contributed by atoms with Crippen LogP contribution in [0.4, 0.5) is 4.39 Å². The van der Waals surface area contributed by atoms with Crippen molar-refractivity contribution in [1.29, 1.82) is 0 Å². The molecular weight excluding hydrogens is 320 g/mol. The molecule has 0 saturated heterocycles. The molecule has 6 nitrogen and oxygen atoms in total. The van der Waals surface area contributed by atoms with Crippen LogP contribution in [0.2, 0.25) is 10.0 Å². The molecule has 0 amide bonds. The molecule has 0 aliphatic carbocycles. The predicted octanol–water partition coefficient (Wildman–Crippen LogP) is 1.50. The first kappa shape index (κ1) is 16.0. The zero-order valence-corrected chi connectivity index (χ0v) is 12.0. The van der Waals surface area contributed by atoms with Gasteiger partial charge in [0.05, 0.1) is 16.6 Å². The first-order chi connectivity index (χ1) is 8.71. The molecule has 0 aliphatic heterocycles. The van der Waals surface area contributed by atoms with Crippen LogP contribution in [0.25, 0.3) is 0 Å². The summed E-state index contributed by atoms with van der Waals surface area (Å²) in [4.78, 5) is -0.454. The minimum Gasteiger partial charge on any atom is -0.409 e. The summed E-state index contributed by atoms with van der Waals surface area (Å²) < 4.78 is 38.5. The molecule has 0 aromatic heterocycles. The molecule has 0 fully saturated rings. The summed E-state index contributed by atoms with van der Waals surface area (Å²) >= 11 is 11.1. The number of nitrogens with two attached hydrogens (primary N) is 1. The van der Waals surface area contributed by atoms with Gasteiger partial charge < -0.3 is 10.9 Å². The summed E-state index contributed by atoms with van der Waals surface area (Å²) in [6.45, 7) is -0.376. The molecule has 1 aromatic rings. The van der Waals surface area contributed by atoms with Gasteiger partial charge in [-0.05, 0) is 12.1 Å². The van der Waals surface area contributed by atoms with E-state index in [4.69, 9.17) is 34.1 Å². The summed E-state index contributed by atoms with van der Waals surface area (Å²) in [5, 5.41) is 10.1. The van der Waals surface area contributed by atoms with Crippen molar-refractivity contribution in [1.82, 2.24) is 4.31 Å². The second kappa shape index (κ2) is 5.91.